The van der Waals surface area contributed by atoms with Crippen LogP contribution in [0, 0.1) is 0 Å². The van der Waals surface area contributed by atoms with Crippen LogP contribution in [0.1, 0.15) is 0 Å². The van der Waals surface area contributed by atoms with Crippen molar-refractivity contribution in [1.29, 1.82) is 0 Å². The predicted molar refractivity (Wildman–Crippen MR) is 203 cm³/mol. The number of hydrogen-bond donors (Lipinski definition) is 0. The largest absolute Gasteiger partial charge is 0.438 e. The molecule has 4 nitrogen and oxygen atoms in total. The van der Waals surface area contributed by atoms with Crippen LogP contribution in [0.3, 0.4) is 0 Å². The number of anilines is 3. The third-order valence-electron chi connectivity index (χ3n) is 9.64. The van der Waals surface area contributed by atoms with Crippen molar-refractivity contribution < 1.29 is 4.42 Å². The van der Waals surface area contributed by atoms with E-state index in [1.807, 2.05) is 24.4 Å². The molecule has 0 aliphatic carbocycles. The van der Waals surface area contributed by atoms with Gasteiger partial charge < -0.3 is 13.9 Å². The number of fused-ring (bicyclic) bond motifs is 8. The van der Waals surface area contributed by atoms with Crippen LogP contribution in [-0.2, 0) is 0 Å². The molecule has 49 heavy (non-hydrogen) atoms. The molecule has 230 valence electrons. The summed E-state index contributed by atoms with van der Waals surface area (Å²) in [6.07, 6.45) is 1.83. The van der Waals surface area contributed by atoms with Crippen LogP contribution in [0.5, 0.6) is 0 Å². The Balaban J connectivity index is 1.13. The average Bonchev–Trinajstić information content (AvgIpc) is 3.72. The molecule has 0 saturated heterocycles. The molecule has 0 N–H and O–H groups in total. The van der Waals surface area contributed by atoms with Crippen molar-refractivity contribution in [1.82, 2.24) is 9.55 Å². The molecule has 0 bridgehead atoms. The maximum atomic E-state index is 6.09. The molecule has 4 heteroatoms. The number of rotatable bonds is 5. The Labute approximate surface area is 282 Å². The third-order valence-corrected chi connectivity index (χ3v) is 9.64. The van der Waals surface area contributed by atoms with Crippen LogP contribution in [0.4, 0.5) is 17.1 Å². The molecule has 0 saturated carbocycles. The minimum Gasteiger partial charge on any atom is -0.438 e. The van der Waals surface area contributed by atoms with Crippen molar-refractivity contribution in [3.05, 3.63) is 176 Å². The molecule has 0 aliphatic heterocycles. The lowest BCUT2D eigenvalue weighted by Gasteiger charge is -2.26. The van der Waals surface area contributed by atoms with Gasteiger partial charge in [0.05, 0.1) is 16.4 Å². The Morgan fingerprint density at radius 3 is 2.08 bits per heavy atom. The predicted octanol–water partition coefficient (Wildman–Crippen LogP) is 12.4. The molecule has 0 fully saturated rings. The number of benzene rings is 7. The fraction of sp³-hybridized carbons (Fsp3) is 0. The summed E-state index contributed by atoms with van der Waals surface area (Å²) in [6, 6.07) is 60.4. The van der Waals surface area contributed by atoms with E-state index < -0.39 is 0 Å². The van der Waals surface area contributed by atoms with E-state index in [4.69, 9.17) is 4.42 Å². The van der Waals surface area contributed by atoms with Gasteiger partial charge in [-0.15, -0.1) is 0 Å². The van der Waals surface area contributed by atoms with Crippen molar-refractivity contribution >= 4 is 71.7 Å². The second-order valence-corrected chi connectivity index (χ2v) is 12.4. The van der Waals surface area contributed by atoms with E-state index in [9.17, 15) is 0 Å². The quantitative estimate of drug-likeness (QED) is 0.190. The van der Waals surface area contributed by atoms with Crippen molar-refractivity contribution in [2.45, 2.75) is 0 Å². The highest BCUT2D eigenvalue weighted by molar-refractivity contribution is 6.21. The summed E-state index contributed by atoms with van der Waals surface area (Å²) < 4.78 is 8.49. The first-order valence-corrected chi connectivity index (χ1v) is 16.5. The Morgan fingerprint density at radius 1 is 0.490 bits per heavy atom. The van der Waals surface area contributed by atoms with E-state index in [1.54, 1.807) is 0 Å². The van der Waals surface area contributed by atoms with E-state index in [2.05, 4.69) is 166 Å². The van der Waals surface area contributed by atoms with E-state index in [-0.39, 0.29) is 0 Å². The summed E-state index contributed by atoms with van der Waals surface area (Å²) in [5.41, 5.74) is 10.5. The molecule has 0 amide bonds. The second-order valence-electron chi connectivity index (χ2n) is 12.4. The number of para-hydroxylation sites is 3. The second kappa shape index (κ2) is 11.0. The van der Waals surface area contributed by atoms with Gasteiger partial charge in [0.2, 0.25) is 5.71 Å². The molecule has 3 aromatic heterocycles. The smallest absolute Gasteiger partial charge is 0.227 e. The number of aromatic nitrogens is 2. The van der Waals surface area contributed by atoms with Crippen molar-refractivity contribution in [2.75, 3.05) is 4.90 Å². The molecule has 0 radical (unpaired) electrons. The first-order valence-electron chi connectivity index (χ1n) is 16.5. The molecule has 0 spiro atoms. The zero-order chi connectivity index (χ0) is 32.3. The van der Waals surface area contributed by atoms with Crippen LogP contribution in [0.15, 0.2) is 180 Å². The number of nitrogens with zero attached hydrogens (tertiary/aromatic N) is 3. The molecule has 10 aromatic rings. The zero-order valence-corrected chi connectivity index (χ0v) is 26.5. The Bertz CT molecular complexity index is 2830. The topological polar surface area (TPSA) is 34.2 Å². The lowest BCUT2D eigenvalue weighted by Crippen LogP contribution is -2.10. The van der Waals surface area contributed by atoms with Crippen molar-refractivity contribution in [3.63, 3.8) is 0 Å². The molecule has 0 unspecified atom stereocenters. The number of hydrogen-bond acceptors (Lipinski definition) is 3. The van der Waals surface area contributed by atoms with Gasteiger partial charge in [0.15, 0.2) is 0 Å². The Morgan fingerprint density at radius 2 is 1.20 bits per heavy atom. The molecule has 0 atom stereocenters. The molecule has 10 rings (SSSR count). The standard InChI is InChI=1S/C45H29N3O/c1-2-12-32(13-3-1)47(33-24-21-31(22-25-33)37-27-28-46-45-44(37)39-18-7-9-20-42(39)49-45)34-14-10-15-35(29-34)48-40-19-8-6-17-38(40)43-36-16-5-4-11-30(36)23-26-41(43)48/h1-29H. The van der Waals surface area contributed by atoms with E-state index in [0.717, 1.165) is 50.2 Å². The summed E-state index contributed by atoms with van der Waals surface area (Å²) >= 11 is 0. The van der Waals surface area contributed by atoms with Gasteiger partial charge in [-0.25, -0.2) is 4.98 Å². The number of pyridine rings is 1. The fourth-order valence-corrected chi connectivity index (χ4v) is 7.49. The fourth-order valence-electron chi connectivity index (χ4n) is 7.49. The first-order chi connectivity index (χ1) is 24.3. The molecule has 7 aromatic carbocycles. The van der Waals surface area contributed by atoms with Crippen LogP contribution in [-0.4, -0.2) is 9.55 Å². The van der Waals surface area contributed by atoms with Crippen molar-refractivity contribution in [2.24, 2.45) is 0 Å². The van der Waals surface area contributed by atoms with E-state index >= 15 is 0 Å². The highest BCUT2D eigenvalue weighted by atomic mass is 16.3. The minimum absolute atomic E-state index is 0.656. The van der Waals surface area contributed by atoms with E-state index in [1.165, 1.54) is 32.6 Å². The SMILES string of the molecule is c1ccc(N(c2ccc(-c3ccnc4oc5ccccc5c34)cc2)c2cccc(-n3c4ccccc4c4c5ccccc5ccc43)c2)cc1. The Kier molecular flexibility index (Phi) is 6.15. The van der Waals surface area contributed by atoms with Crippen LogP contribution < -0.4 is 4.90 Å². The van der Waals surface area contributed by atoms with Gasteiger partial charge >= 0.3 is 0 Å². The molecular formula is C45H29N3O. The summed E-state index contributed by atoms with van der Waals surface area (Å²) in [4.78, 5) is 6.86. The summed E-state index contributed by atoms with van der Waals surface area (Å²) in [5.74, 6) is 0. The highest BCUT2D eigenvalue weighted by Crippen LogP contribution is 2.41. The summed E-state index contributed by atoms with van der Waals surface area (Å²) in [5, 5.41) is 7.17. The van der Waals surface area contributed by atoms with Crippen molar-refractivity contribution in [3.8, 4) is 16.8 Å². The molecule has 3 heterocycles. The maximum absolute atomic E-state index is 6.09. The highest BCUT2D eigenvalue weighted by Gasteiger charge is 2.18. The molecule has 0 aliphatic rings. The zero-order valence-electron chi connectivity index (χ0n) is 26.5. The Hall–Kier alpha value is -6.65. The lowest BCUT2D eigenvalue weighted by atomic mass is 10.0. The third kappa shape index (κ3) is 4.35. The van der Waals surface area contributed by atoms with Crippen LogP contribution in [0.2, 0.25) is 0 Å². The maximum Gasteiger partial charge on any atom is 0.227 e. The van der Waals surface area contributed by atoms with Gasteiger partial charge in [-0.1, -0.05) is 103 Å². The monoisotopic (exact) mass is 627 g/mol. The van der Waals surface area contributed by atoms with Crippen LogP contribution >= 0.6 is 0 Å². The number of furan rings is 1. The van der Waals surface area contributed by atoms with Gasteiger partial charge in [0.25, 0.3) is 0 Å². The van der Waals surface area contributed by atoms with Gasteiger partial charge in [-0.05, 0) is 88.6 Å². The summed E-state index contributed by atoms with van der Waals surface area (Å²) in [7, 11) is 0. The normalized spacial score (nSPS) is 11.7. The van der Waals surface area contributed by atoms with Gasteiger partial charge in [0.1, 0.15) is 5.58 Å². The van der Waals surface area contributed by atoms with Gasteiger partial charge in [-0.2, -0.15) is 0 Å². The van der Waals surface area contributed by atoms with E-state index in [0.29, 0.717) is 5.71 Å². The average molecular weight is 628 g/mol. The van der Waals surface area contributed by atoms with Gasteiger partial charge in [-0.3, -0.25) is 0 Å². The van der Waals surface area contributed by atoms with Gasteiger partial charge in [0, 0.05) is 45.1 Å². The first kappa shape index (κ1) is 27.5. The summed E-state index contributed by atoms with van der Waals surface area (Å²) in [6.45, 7) is 0. The van der Waals surface area contributed by atoms with Crippen LogP contribution in [0.25, 0.3) is 71.5 Å². The lowest BCUT2D eigenvalue weighted by molar-refractivity contribution is 0.654. The minimum atomic E-state index is 0.656. The molecular weight excluding hydrogens is 599 g/mol.